The lowest BCUT2D eigenvalue weighted by atomic mass is 9.96. The van der Waals surface area contributed by atoms with Crippen molar-refractivity contribution >= 4 is 28.9 Å². The van der Waals surface area contributed by atoms with Gasteiger partial charge in [-0.1, -0.05) is 48.9 Å². The summed E-state index contributed by atoms with van der Waals surface area (Å²) in [5.41, 5.74) is 8.90. The Morgan fingerprint density at radius 2 is 1.77 bits per heavy atom. The van der Waals surface area contributed by atoms with Gasteiger partial charge in [0.2, 0.25) is 5.91 Å². The molecule has 1 aliphatic heterocycles. The topological polar surface area (TPSA) is 62.2 Å². The molecule has 7 heteroatoms. The molecule has 39 heavy (non-hydrogen) atoms. The minimum Gasteiger partial charge on any atom is -0.352 e. The summed E-state index contributed by atoms with van der Waals surface area (Å²) in [4.78, 5) is 19.7. The third kappa shape index (κ3) is 5.45. The summed E-state index contributed by atoms with van der Waals surface area (Å²) < 4.78 is 2.34. The Labute approximate surface area is 236 Å². The molecule has 6 nitrogen and oxygen atoms in total. The zero-order valence-electron chi connectivity index (χ0n) is 22.9. The Bertz CT molecular complexity index is 1480. The minimum absolute atomic E-state index is 0.0379. The van der Waals surface area contributed by atoms with Crippen molar-refractivity contribution in [2.75, 3.05) is 11.9 Å². The first-order chi connectivity index (χ1) is 18.9. The van der Waals surface area contributed by atoms with E-state index >= 15 is 0 Å². The molecule has 3 heterocycles. The molecular weight excluding hydrogens is 502 g/mol. The lowest BCUT2D eigenvalue weighted by Crippen LogP contribution is -2.32. The van der Waals surface area contributed by atoms with Gasteiger partial charge in [-0.05, 0) is 86.9 Å². The van der Waals surface area contributed by atoms with E-state index in [1.165, 1.54) is 22.5 Å². The van der Waals surface area contributed by atoms with Crippen LogP contribution < -0.4 is 10.6 Å². The minimum atomic E-state index is -0.130. The molecule has 1 fully saturated rings. The van der Waals surface area contributed by atoms with Gasteiger partial charge in [0.25, 0.3) is 0 Å². The lowest BCUT2D eigenvalue weighted by molar-refractivity contribution is -0.116. The summed E-state index contributed by atoms with van der Waals surface area (Å²) in [6, 6.07) is 24.4. The summed E-state index contributed by atoms with van der Waals surface area (Å²) in [5, 5.41) is 7.18. The monoisotopic (exact) mass is 537 g/mol. The van der Waals surface area contributed by atoms with Gasteiger partial charge in [-0.3, -0.25) is 9.78 Å². The first-order valence-corrected chi connectivity index (χ1v) is 13.9. The molecule has 1 aliphatic rings. The van der Waals surface area contributed by atoms with Crippen LogP contribution >= 0.6 is 12.2 Å². The summed E-state index contributed by atoms with van der Waals surface area (Å²) in [6.07, 6.45) is 3.09. The number of anilines is 1. The zero-order valence-corrected chi connectivity index (χ0v) is 23.8. The van der Waals surface area contributed by atoms with Crippen LogP contribution in [0.4, 0.5) is 5.69 Å². The highest BCUT2D eigenvalue weighted by molar-refractivity contribution is 7.80. The molecule has 0 aliphatic carbocycles. The highest BCUT2D eigenvalue weighted by Crippen LogP contribution is 2.41. The Morgan fingerprint density at radius 1 is 1.03 bits per heavy atom. The van der Waals surface area contributed by atoms with Crippen LogP contribution in [-0.2, 0) is 11.2 Å². The van der Waals surface area contributed by atoms with E-state index in [2.05, 4.69) is 76.2 Å². The smallest absolute Gasteiger partial charge is 0.226 e. The van der Waals surface area contributed by atoms with Crippen LogP contribution in [0.3, 0.4) is 0 Å². The molecule has 2 aromatic carbocycles. The van der Waals surface area contributed by atoms with Crippen molar-refractivity contribution in [2.45, 2.75) is 52.6 Å². The molecule has 0 bridgehead atoms. The number of benzene rings is 2. The molecule has 2 aromatic heterocycles. The molecule has 5 rings (SSSR count). The van der Waals surface area contributed by atoms with E-state index in [4.69, 9.17) is 12.2 Å². The highest BCUT2D eigenvalue weighted by Gasteiger charge is 2.41. The number of hydrogen-bond donors (Lipinski definition) is 2. The van der Waals surface area contributed by atoms with E-state index in [-0.39, 0.29) is 18.0 Å². The van der Waals surface area contributed by atoms with Crippen molar-refractivity contribution in [3.05, 3.63) is 113 Å². The van der Waals surface area contributed by atoms with Crippen LogP contribution in [0.2, 0.25) is 0 Å². The fourth-order valence-electron chi connectivity index (χ4n) is 5.55. The number of aromatic nitrogens is 2. The van der Waals surface area contributed by atoms with Crippen molar-refractivity contribution in [3.8, 4) is 5.69 Å². The van der Waals surface area contributed by atoms with Crippen LogP contribution in [0.15, 0.2) is 79.0 Å². The second-order valence-corrected chi connectivity index (χ2v) is 10.5. The van der Waals surface area contributed by atoms with Crippen LogP contribution in [0.1, 0.15) is 59.2 Å². The number of amides is 1. The first kappa shape index (κ1) is 26.6. The summed E-state index contributed by atoms with van der Waals surface area (Å²) in [5.74, 6) is -0.0379. The van der Waals surface area contributed by atoms with Gasteiger partial charge in [0.15, 0.2) is 5.11 Å². The number of nitrogens with zero attached hydrogens (tertiary/aromatic N) is 3. The van der Waals surface area contributed by atoms with Crippen LogP contribution in [0, 0.1) is 20.8 Å². The Balaban J connectivity index is 1.48. The maximum Gasteiger partial charge on any atom is 0.226 e. The van der Waals surface area contributed by atoms with Gasteiger partial charge in [0.1, 0.15) is 0 Å². The molecule has 2 atom stereocenters. The molecular formula is C32H35N5OS. The molecule has 0 saturated carbocycles. The van der Waals surface area contributed by atoms with Gasteiger partial charge in [0.05, 0.1) is 17.8 Å². The number of aryl methyl sites for hydroxylation is 3. The second-order valence-electron chi connectivity index (χ2n) is 10.1. The van der Waals surface area contributed by atoms with E-state index in [1.807, 2.05) is 55.6 Å². The Morgan fingerprint density at radius 3 is 2.49 bits per heavy atom. The number of thiocarbonyl (C=S) groups is 1. The highest BCUT2D eigenvalue weighted by atomic mass is 32.1. The van der Waals surface area contributed by atoms with E-state index in [1.54, 1.807) is 0 Å². The van der Waals surface area contributed by atoms with Gasteiger partial charge in [-0.15, -0.1) is 0 Å². The molecule has 200 valence electrons. The third-order valence-corrected chi connectivity index (χ3v) is 7.87. The van der Waals surface area contributed by atoms with Crippen molar-refractivity contribution < 1.29 is 4.79 Å². The van der Waals surface area contributed by atoms with Gasteiger partial charge >= 0.3 is 0 Å². The summed E-state index contributed by atoms with van der Waals surface area (Å²) in [6.45, 7) is 9.04. The molecule has 2 N–H and O–H groups in total. The van der Waals surface area contributed by atoms with Gasteiger partial charge < -0.3 is 20.1 Å². The second kappa shape index (κ2) is 11.4. The third-order valence-electron chi connectivity index (χ3n) is 7.52. The number of pyridine rings is 1. The quantitative estimate of drug-likeness (QED) is 0.256. The van der Waals surface area contributed by atoms with Crippen molar-refractivity contribution in [1.29, 1.82) is 0 Å². The van der Waals surface area contributed by atoms with E-state index in [9.17, 15) is 4.79 Å². The SMILES string of the molecule is CCc1ccccc1-n1c(C)cc([C@H]2[C@@H](c3ccccn3)NC(=S)N2CCC(=O)Nc2ccc(C)cc2)c1C. The number of hydrogen-bond acceptors (Lipinski definition) is 3. The molecule has 0 radical (unpaired) electrons. The molecule has 1 saturated heterocycles. The maximum atomic E-state index is 12.9. The predicted octanol–water partition coefficient (Wildman–Crippen LogP) is 6.36. The Hall–Kier alpha value is -3.97. The number of carbonyl (C=O) groups excluding carboxylic acids is 1. The predicted molar refractivity (Wildman–Crippen MR) is 161 cm³/mol. The van der Waals surface area contributed by atoms with Crippen molar-refractivity contribution in [1.82, 2.24) is 19.8 Å². The first-order valence-electron chi connectivity index (χ1n) is 13.5. The lowest BCUT2D eigenvalue weighted by Gasteiger charge is -2.28. The zero-order chi connectivity index (χ0) is 27.5. The normalized spacial score (nSPS) is 16.8. The summed E-state index contributed by atoms with van der Waals surface area (Å²) in [7, 11) is 0. The molecule has 0 unspecified atom stereocenters. The van der Waals surface area contributed by atoms with Crippen molar-refractivity contribution in [2.24, 2.45) is 0 Å². The van der Waals surface area contributed by atoms with Crippen molar-refractivity contribution in [3.63, 3.8) is 0 Å². The molecule has 1 amide bonds. The fourth-order valence-corrected chi connectivity index (χ4v) is 5.88. The van der Waals surface area contributed by atoms with E-state index < -0.39 is 0 Å². The number of carbonyl (C=O) groups is 1. The van der Waals surface area contributed by atoms with E-state index in [0.717, 1.165) is 29.1 Å². The van der Waals surface area contributed by atoms with Crippen LogP contribution in [0.25, 0.3) is 5.69 Å². The Kier molecular flexibility index (Phi) is 7.79. The molecule has 0 spiro atoms. The standard InChI is InChI=1S/C32H35N5OS/c1-5-24-10-6-7-12-28(24)37-22(3)20-26(23(37)4)31-30(27-11-8-9-18-33-27)35-32(39)36(31)19-17-29(38)34-25-15-13-21(2)14-16-25/h6-16,18,20,30-31H,5,17,19H2,1-4H3,(H,34,38)(H,35,39)/t30-,31+/m1/s1. The average Bonchev–Trinajstić information content (AvgIpc) is 3.43. The van der Waals surface area contributed by atoms with E-state index in [0.29, 0.717) is 18.1 Å². The maximum absolute atomic E-state index is 12.9. The van der Waals surface area contributed by atoms with Crippen LogP contribution in [-0.4, -0.2) is 32.0 Å². The van der Waals surface area contributed by atoms with Crippen LogP contribution in [0.5, 0.6) is 0 Å². The van der Waals surface area contributed by atoms with Gasteiger partial charge in [-0.2, -0.15) is 0 Å². The largest absolute Gasteiger partial charge is 0.352 e. The summed E-state index contributed by atoms with van der Waals surface area (Å²) >= 11 is 5.86. The molecule has 4 aromatic rings. The number of rotatable bonds is 8. The average molecular weight is 538 g/mol. The fraction of sp³-hybridized carbons (Fsp3) is 0.281. The number of nitrogens with one attached hydrogen (secondary N) is 2. The van der Waals surface area contributed by atoms with Gasteiger partial charge in [-0.25, -0.2) is 0 Å². The van der Waals surface area contributed by atoms with Gasteiger partial charge in [0, 0.05) is 41.9 Å². The number of para-hydroxylation sites is 1.